The van der Waals surface area contributed by atoms with E-state index in [1.165, 1.54) is 44.9 Å². The van der Waals surface area contributed by atoms with Gasteiger partial charge in [0.1, 0.15) is 0 Å². The van der Waals surface area contributed by atoms with Crippen molar-refractivity contribution in [3.63, 3.8) is 0 Å². The first-order valence-corrected chi connectivity index (χ1v) is 8.04. The third kappa shape index (κ3) is 1.64. The monoisotopic (exact) mass is 247 g/mol. The summed E-state index contributed by atoms with van der Waals surface area (Å²) < 4.78 is 0. The van der Waals surface area contributed by atoms with Crippen LogP contribution in [0.5, 0.6) is 0 Å². The first kappa shape index (κ1) is 11.3. The zero-order chi connectivity index (χ0) is 12.3. The van der Waals surface area contributed by atoms with Gasteiger partial charge in [0.05, 0.1) is 0 Å². The summed E-state index contributed by atoms with van der Waals surface area (Å²) >= 11 is 0. The van der Waals surface area contributed by atoms with Gasteiger partial charge in [0, 0.05) is 12.0 Å². The molecule has 4 saturated carbocycles. The largest absolute Gasteiger partial charge is 0.353 e. The lowest BCUT2D eigenvalue weighted by Gasteiger charge is -2.27. The molecule has 0 aromatic rings. The standard InChI is InChI=1S/C16H25NO/c1-9-2-6-12(7-3-9)17-16(18)15-13-10-4-5-11(8-10)14(13)15/h9-15H,2-8H2,1H3,(H,17,18)/t9?,10-,11-,12?,13-,14+,15?/m0/s1. The van der Waals surface area contributed by atoms with Crippen molar-refractivity contribution in [3.8, 4) is 0 Å². The van der Waals surface area contributed by atoms with Crippen LogP contribution in [0.3, 0.4) is 0 Å². The van der Waals surface area contributed by atoms with Crippen molar-refractivity contribution in [3.05, 3.63) is 0 Å². The van der Waals surface area contributed by atoms with E-state index in [-0.39, 0.29) is 0 Å². The van der Waals surface area contributed by atoms with Crippen molar-refractivity contribution in [2.75, 3.05) is 0 Å². The molecule has 0 radical (unpaired) electrons. The molecule has 0 saturated heterocycles. The fourth-order valence-electron chi connectivity index (χ4n) is 5.38. The highest BCUT2D eigenvalue weighted by atomic mass is 16.2. The minimum Gasteiger partial charge on any atom is -0.353 e. The van der Waals surface area contributed by atoms with Crippen LogP contribution in [-0.2, 0) is 4.79 Å². The van der Waals surface area contributed by atoms with Crippen molar-refractivity contribution >= 4 is 5.91 Å². The zero-order valence-corrected chi connectivity index (χ0v) is 11.4. The summed E-state index contributed by atoms with van der Waals surface area (Å²) in [6.45, 7) is 2.33. The zero-order valence-electron chi connectivity index (χ0n) is 11.4. The summed E-state index contributed by atoms with van der Waals surface area (Å²) in [5.74, 6) is 5.15. The molecule has 18 heavy (non-hydrogen) atoms. The molecule has 0 spiro atoms. The van der Waals surface area contributed by atoms with Gasteiger partial charge in [-0.25, -0.2) is 0 Å². The van der Waals surface area contributed by atoms with E-state index in [1.807, 2.05) is 0 Å². The fraction of sp³-hybridized carbons (Fsp3) is 0.938. The average Bonchev–Trinajstić information content (AvgIpc) is 2.82. The van der Waals surface area contributed by atoms with Crippen molar-refractivity contribution in [1.29, 1.82) is 0 Å². The molecule has 2 bridgehead atoms. The Morgan fingerprint density at radius 2 is 1.56 bits per heavy atom. The summed E-state index contributed by atoms with van der Waals surface area (Å²) in [7, 11) is 0. The van der Waals surface area contributed by atoms with E-state index in [4.69, 9.17) is 0 Å². The lowest BCUT2D eigenvalue weighted by Crippen LogP contribution is -2.39. The first-order valence-electron chi connectivity index (χ1n) is 8.04. The van der Waals surface area contributed by atoms with Gasteiger partial charge in [0.15, 0.2) is 0 Å². The van der Waals surface area contributed by atoms with Crippen LogP contribution in [-0.4, -0.2) is 11.9 Å². The molecule has 0 heterocycles. The van der Waals surface area contributed by atoms with Crippen LogP contribution < -0.4 is 5.32 Å². The van der Waals surface area contributed by atoms with Gasteiger partial charge in [0.2, 0.25) is 5.91 Å². The molecule has 4 rings (SSSR count). The Labute approximate surface area is 110 Å². The summed E-state index contributed by atoms with van der Waals surface area (Å²) in [6.07, 6.45) is 9.29. The second-order valence-corrected chi connectivity index (χ2v) is 7.48. The van der Waals surface area contributed by atoms with Crippen molar-refractivity contribution in [2.24, 2.45) is 35.5 Å². The van der Waals surface area contributed by atoms with Crippen LogP contribution in [0.15, 0.2) is 0 Å². The van der Waals surface area contributed by atoms with Crippen LogP contribution in [0.25, 0.3) is 0 Å². The van der Waals surface area contributed by atoms with Gasteiger partial charge in [-0.3, -0.25) is 4.79 Å². The Hall–Kier alpha value is -0.530. The van der Waals surface area contributed by atoms with Crippen LogP contribution >= 0.6 is 0 Å². The summed E-state index contributed by atoms with van der Waals surface area (Å²) in [5.41, 5.74) is 0. The van der Waals surface area contributed by atoms with E-state index >= 15 is 0 Å². The smallest absolute Gasteiger partial charge is 0.223 e. The van der Waals surface area contributed by atoms with Crippen LogP contribution in [0.4, 0.5) is 0 Å². The molecular formula is C16H25NO. The van der Waals surface area contributed by atoms with E-state index in [1.54, 1.807) is 0 Å². The third-order valence-electron chi connectivity index (χ3n) is 6.40. The predicted octanol–water partition coefficient (Wildman–Crippen LogP) is 2.97. The number of amides is 1. The topological polar surface area (TPSA) is 29.1 Å². The Morgan fingerprint density at radius 3 is 2.17 bits per heavy atom. The summed E-state index contributed by atoms with van der Waals surface area (Å²) in [6, 6.07) is 0.493. The third-order valence-corrected chi connectivity index (χ3v) is 6.40. The summed E-state index contributed by atoms with van der Waals surface area (Å²) in [5, 5.41) is 3.36. The van der Waals surface area contributed by atoms with Gasteiger partial charge in [-0.1, -0.05) is 6.92 Å². The molecule has 0 aliphatic heterocycles. The molecule has 2 heteroatoms. The Bertz CT molecular complexity index is 342. The molecule has 4 aliphatic carbocycles. The minimum absolute atomic E-state index is 0.418. The highest BCUT2D eigenvalue weighted by molar-refractivity contribution is 5.83. The minimum atomic E-state index is 0.418. The Balaban J connectivity index is 1.33. The normalized spacial score (nSPS) is 53.1. The number of hydrogen-bond acceptors (Lipinski definition) is 1. The SMILES string of the molecule is CC1CCC(NC(=O)C2[C@@H]3[C@H]4CC[C@@H](C4)[C@H]23)CC1. The Morgan fingerprint density at radius 1 is 0.944 bits per heavy atom. The van der Waals surface area contributed by atoms with Gasteiger partial charge in [0.25, 0.3) is 0 Å². The Kier molecular flexibility index (Phi) is 2.50. The number of fused-ring (bicyclic) bond motifs is 5. The lowest BCUT2D eigenvalue weighted by atomic mass is 9.87. The van der Waals surface area contributed by atoms with Gasteiger partial charge in [-0.05, 0) is 74.5 Å². The van der Waals surface area contributed by atoms with Crippen molar-refractivity contribution < 1.29 is 4.79 Å². The number of nitrogens with one attached hydrogen (secondary N) is 1. The maximum atomic E-state index is 12.4. The van der Waals surface area contributed by atoms with E-state index in [2.05, 4.69) is 12.2 Å². The van der Waals surface area contributed by atoms with Crippen LogP contribution in [0.2, 0.25) is 0 Å². The predicted molar refractivity (Wildman–Crippen MR) is 70.9 cm³/mol. The lowest BCUT2D eigenvalue weighted by molar-refractivity contribution is -0.124. The highest BCUT2D eigenvalue weighted by Gasteiger charge is 2.67. The molecule has 1 amide bonds. The number of hydrogen-bond donors (Lipinski definition) is 1. The maximum Gasteiger partial charge on any atom is 0.223 e. The van der Waals surface area contributed by atoms with Gasteiger partial charge in [-0.2, -0.15) is 0 Å². The van der Waals surface area contributed by atoms with Crippen LogP contribution in [0.1, 0.15) is 51.9 Å². The second kappa shape index (κ2) is 3.98. The van der Waals surface area contributed by atoms with E-state index in [0.29, 0.717) is 17.9 Å². The van der Waals surface area contributed by atoms with Gasteiger partial charge >= 0.3 is 0 Å². The molecule has 0 aromatic heterocycles. The quantitative estimate of drug-likeness (QED) is 0.798. The molecule has 0 aromatic carbocycles. The number of carbonyl (C=O) groups excluding carboxylic acids is 1. The van der Waals surface area contributed by atoms with E-state index in [0.717, 1.165) is 29.6 Å². The fourth-order valence-corrected chi connectivity index (χ4v) is 5.38. The van der Waals surface area contributed by atoms with E-state index in [9.17, 15) is 4.79 Å². The molecule has 4 aliphatic rings. The molecule has 4 fully saturated rings. The van der Waals surface area contributed by atoms with Gasteiger partial charge < -0.3 is 5.32 Å². The van der Waals surface area contributed by atoms with E-state index < -0.39 is 0 Å². The second-order valence-electron chi connectivity index (χ2n) is 7.48. The molecule has 1 N–H and O–H groups in total. The van der Waals surface area contributed by atoms with Crippen molar-refractivity contribution in [1.82, 2.24) is 5.32 Å². The molecule has 100 valence electrons. The summed E-state index contributed by atoms with van der Waals surface area (Å²) in [4.78, 5) is 12.4. The molecular weight excluding hydrogens is 222 g/mol. The number of carbonyl (C=O) groups is 1. The highest BCUT2D eigenvalue weighted by Crippen LogP contribution is 2.69. The van der Waals surface area contributed by atoms with Gasteiger partial charge in [-0.15, -0.1) is 0 Å². The molecule has 2 nitrogen and oxygen atoms in total. The molecule has 1 unspecified atom stereocenters. The number of rotatable bonds is 2. The first-order chi connectivity index (χ1) is 8.74. The molecule has 5 atom stereocenters. The van der Waals surface area contributed by atoms with Crippen molar-refractivity contribution in [2.45, 2.75) is 57.9 Å². The van der Waals surface area contributed by atoms with Crippen LogP contribution in [0, 0.1) is 35.5 Å². The maximum absolute atomic E-state index is 12.4. The average molecular weight is 247 g/mol.